The molecule has 0 spiro atoms. The van der Waals surface area contributed by atoms with Crippen molar-refractivity contribution in [2.24, 2.45) is 5.73 Å². The number of anilines is 1. The SMILES string of the molecule is NC(=O)c1ccc(SCC(=O)Nc2cccc(Cl)c2Cl)c([N+](=O)[O-])c1. The predicted molar refractivity (Wildman–Crippen MR) is 97.4 cm³/mol. The zero-order valence-corrected chi connectivity index (χ0v) is 14.8. The molecule has 2 amide bonds. The number of nitro benzene ring substituents is 1. The topological polar surface area (TPSA) is 115 Å². The van der Waals surface area contributed by atoms with Crippen molar-refractivity contribution in [1.82, 2.24) is 0 Å². The van der Waals surface area contributed by atoms with Crippen molar-refractivity contribution in [1.29, 1.82) is 0 Å². The van der Waals surface area contributed by atoms with Gasteiger partial charge in [-0.05, 0) is 24.3 Å². The second kappa shape index (κ2) is 8.19. The van der Waals surface area contributed by atoms with E-state index in [-0.39, 0.29) is 26.9 Å². The molecular formula is C15H11Cl2N3O4S. The molecule has 0 unspecified atom stereocenters. The molecule has 0 atom stereocenters. The third kappa shape index (κ3) is 4.85. The quantitative estimate of drug-likeness (QED) is 0.436. The summed E-state index contributed by atoms with van der Waals surface area (Å²) >= 11 is 12.8. The number of carbonyl (C=O) groups is 2. The maximum absolute atomic E-state index is 12.0. The van der Waals surface area contributed by atoms with E-state index < -0.39 is 16.7 Å². The van der Waals surface area contributed by atoms with Gasteiger partial charge in [0.15, 0.2) is 0 Å². The van der Waals surface area contributed by atoms with Gasteiger partial charge in [-0.3, -0.25) is 19.7 Å². The highest BCUT2D eigenvalue weighted by Crippen LogP contribution is 2.32. The van der Waals surface area contributed by atoms with E-state index in [1.54, 1.807) is 18.2 Å². The maximum Gasteiger partial charge on any atom is 0.283 e. The minimum absolute atomic E-state index is 0.0196. The van der Waals surface area contributed by atoms with Gasteiger partial charge in [-0.2, -0.15) is 0 Å². The fourth-order valence-corrected chi connectivity index (χ4v) is 3.02. The third-order valence-corrected chi connectivity index (χ3v) is 4.91. The van der Waals surface area contributed by atoms with Crippen LogP contribution < -0.4 is 11.1 Å². The van der Waals surface area contributed by atoms with Crippen LogP contribution >= 0.6 is 35.0 Å². The summed E-state index contributed by atoms with van der Waals surface area (Å²) in [4.78, 5) is 33.9. The van der Waals surface area contributed by atoms with E-state index >= 15 is 0 Å². The van der Waals surface area contributed by atoms with E-state index in [4.69, 9.17) is 28.9 Å². The van der Waals surface area contributed by atoms with Gasteiger partial charge in [0.25, 0.3) is 5.69 Å². The molecule has 25 heavy (non-hydrogen) atoms. The number of benzene rings is 2. The van der Waals surface area contributed by atoms with Crippen LogP contribution in [0.1, 0.15) is 10.4 Å². The van der Waals surface area contributed by atoms with Crippen LogP contribution in [-0.2, 0) is 4.79 Å². The van der Waals surface area contributed by atoms with E-state index in [9.17, 15) is 19.7 Å². The van der Waals surface area contributed by atoms with Crippen molar-refractivity contribution in [3.8, 4) is 0 Å². The van der Waals surface area contributed by atoms with Gasteiger partial charge in [0, 0.05) is 11.6 Å². The van der Waals surface area contributed by atoms with Gasteiger partial charge >= 0.3 is 0 Å². The summed E-state index contributed by atoms with van der Waals surface area (Å²) in [5, 5.41) is 14.2. The van der Waals surface area contributed by atoms with Crippen molar-refractivity contribution >= 4 is 58.2 Å². The average molecular weight is 400 g/mol. The van der Waals surface area contributed by atoms with E-state index in [0.717, 1.165) is 17.8 Å². The number of nitrogens with one attached hydrogen (secondary N) is 1. The molecule has 7 nitrogen and oxygen atoms in total. The largest absolute Gasteiger partial charge is 0.366 e. The minimum Gasteiger partial charge on any atom is -0.366 e. The Morgan fingerprint density at radius 1 is 1.24 bits per heavy atom. The number of primary amides is 1. The molecular weight excluding hydrogens is 389 g/mol. The number of halogens is 2. The molecule has 0 aromatic heterocycles. The lowest BCUT2D eigenvalue weighted by Gasteiger charge is -2.08. The van der Waals surface area contributed by atoms with Gasteiger partial charge in [-0.25, -0.2) is 0 Å². The van der Waals surface area contributed by atoms with Crippen molar-refractivity contribution in [3.63, 3.8) is 0 Å². The number of rotatable bonds is 6. The standard InChI is InChI=1S/C15H11Cl2N3O4S/c16-9-2-1-3-10(14(9)17)19-13(21)7-25-12-5-4-8(15(18)22)6-11(12)20(23)24/h1-6H,7H2,(H2,18,22)(H,19,21). The fraction of sp³-hybridized carbons (Fsp3) is 0.0667. The van der Waals surface area contributed by atoms with Gasteiger partial charge in [0.05, 0.1) is 31.3 Å². The highest BCUT2D eigenvalue weighted by atomic mass is 35.5. The number of nitro groups is 1. The molecule has 130 valence electrons. The first-order chi connectivity index (χ1) is 11.8. The Balaban J connectivity index is 2.10. The van der Waals surface area contributed by atoms with Crippen LogP contribution in [-0.4, -0.2) is 22.5 Å². The summed E-state index contributed by atoms with van der Waals surface area (Å²) in [6, 6.07) is 8.62. The summed E-state index contributed by atoms with van der Waals surface area (Å²) in [6.45, 7) is 0. The number of hydrogen-bond donors (Lipinski definition) is 2. The monoisotopic (exact) mass is 399 g/mol. The summed E-state index contributed by atoms with van der Waals surface area (Å²) in [6.07, 6.45) is 0. The van der Waals surface area contributed by atoms with E-state index in [1.165, 1.54) is 12.1 Å². The number of carbonyl (C=O) groups excluding carboxylic acids is 2. The Bertz CT molecular complexity index is 861. The number of hydrogen-bond acceptors (Lipinski definition) is 5. The van der Waals surface area contributed by atoms with E-state index in [0.29, 0.717) is 10.7 Å². The molecule has 0 aliphatic heterocycles. The van der Waals surface area contributed by atoms with Crippen LogP contribution in [0.25, 0.3) is 0 Å². The molecule has 0 aliphatic rings. The summed E-state index contributed by atoms with van der Waals surface area (Å²) in [7, 11) is 0. The second-order valence-corrected chi connectivity index (χ2v) is 6.54. The maximum atomic E-state index is 12.0. The highest BCUT2D eigenvalue weighted by Gasteiger charge is 2.18. The second-order valence-electron chi connectivity index (χ2n) is 4.74. The van der Waals surface area contributed by atoms with Crippen LogP contribution in [0.2, 0.25) is 10.0 Å². The molecule has 0 fully saturated rings. The zero-order valence-electron chi connectivity index (χ0n) is 12.5. The first-order valence-corrected chi connectivity index (χ1v) is 8.48. The van der Waals surface area contributed by atoms with Gasteiger partial charge in [0.1, 0.15) is 0 Å². The van der Waals surface area contributed by atoms with Gasteiger partial charge < -0.3 is 11.1 Å². The van der Waals surface area contributed by atoms with E-state index in [1.807, 2.05) is 0 Å². The zero-order chi connectivity index (χ0) is 18.6. The lowest BCUT2D eigenvalue weighted by molar-refractivity contribution is -0.387. The van der Waals surface area contributed by atoms with Crippen LogP contribution in [0.3, 0.4) is 0 Å². The van der Waals surface area contributed by atoms with Crippen LogP contribution in [0.5, 0.6) is 0 Å². The van der Waals surface area contributed by atoms with Crippen molar-refractivity contribution in [2.75, 3.05) is 11.1 Å². The Kier molecular flexibility index (Phi) is 6.24. The average Bonchev–Trinajstić information content (AvgIpc) is 2.56. The molecule has 0 radical (unpaired) electrons. The Hall–Kier alpha value is -2.29. The van der Waals surface area contributed by atoms with Crippen LogP contribution in [0.4, 0.5) is 11.4 Å². The Morgan fingerprint density at radius 3 is 2.60 bits per heavy atom. The Morgan fingerprint density at radius 2 is 1.96 bits per heavy atom. The molecule has 0 aliphatic carbocycles. The summed E-state index contributed by atoms with van der Waals surface area (Å²) in [5.41, 5.74) is 5.18. The van der Waals surface area contributed by atoms with Gasteiger partial charge in [-0.1, -0.05) is 29.3 Å². The summed E-state index contributed by atoms with van der Waals surface area (Å²) in [5.74, 6) is -1.28. The molecule has 0 saturated heterocycles. The Labute approximate surface area is 156 Å². The third-order valence-electron chi connectivity index (χ3n) is 3.02. The molecule has 10 heteroatoms. The molecule has 2 aromatic rings. The molecule has 2 aromatic carbocycles. The van der Waals surface area contributed by atoms with Crippen molar-refractivity contribution in [2.45, 2.75) is 4.90 Å². The van der Waals surface area contributed by atoms with Crippen LogP contribution in [0, 0.1) is 10.1 Å². The first kappa shape index (κ1) is 19.0. The number of nitrogens with zero attached hydrogens (tertiary/aromatic N) is 1. The van der Waals surface area contributed by atoms with Gasteiger partial charge in [-0.15, -0.1) is 11.8 Å². The lowest BCUT2D eigenvalue weighted by atomic mass is 10.2. The summed E-state index contributed by atoms with van der Waals surface area (Å²) < 4.78 is 0. The fourth-order valence-electron chi connectivity index (χ4n) is 1.87. The van der Waals surface area contributed by atoms with E-state index in [2.05, 4.69) is 5.32 Å². The predicted octanol–water partition coefficient (Wildman–Crippen LogP) is 3.73. The number of amides is 2. The van der Waals surface area contributed by atoms with Crippen molar-refractivity contribution in [3.05, 3.63) is 62.1 Å². The number of thioether (sulfide) groups is 1. The minimum atomic E-state index is -0.770. The normalized spacial score (nSPS) is 10.3. The molecule has 2 rings (SSSR count). The smallest absolute Gasteiger partial charge is 0.283 e. The van der Waals surface area contributed by atoms with Gasteiger partial charge in [0.2, 0.25) is 11.8 Å². The highest BCUT2D eigenvalue weighted by molar-refractivity contribution is 8.00. The first-order valence-electron chi connectivity index (χ1n) is 6.74. The molecule has 0 saturated carbocycles. The molecule has 0 heterocycles. The number of nitrogens with two attached hydrogens (primary N) is 1. The van der Waals surface area contributed by atoms with Crippen LogP contribution in [0.15, 0.2) is 41.3 Å². The lowest BCUT2D eigenvalue weighted by Crippen LogP contribution is -2.14. The molecule has 3 N–H and O–H groups in total. The molecule has 0 bridgehead atoms. The van der Waals surface area contributed by atoms with Crippen molar-refractivity contribution < 1.29 is 14.5 Å².